The number of hydrogen-bond acceptors (Lipinski definition) is 6. The van der Waals surface area contributed by atoms with E-state index >= 15 is 0 Å². The van der Waals surface area contributed by atoms with Gasteiger partial charge in [0.2, 0.25) is 11.2 Å². The quantitative estimate of drug-likeness (QED) is 0.733. The molecule has 1 heterocycles. The van der Waals surface area contributed by atoms with Gasteiger partial charge in [-0.25, -0.2) is 0 Å². The lowest BCUT2D eigenvalue weighted by Gasteiger charge is -2.06. The summed E-state index contributed by atoms with van der Waals surface area (Å²) >= 11 is 5.72. The van der Waals surface area contributed by atoms with Gasteiger partial charge in [0.1, 0.15) is 0 Å². The molecule has 1 N–H and O–H groups in total. The van der Waals surface area contributed by atoms with Crippen LogP contribution in [0.25, 0.3) is 0 Å². The molecule has 0 unspecified atom stereocenters. The van der Waals surface area contributed by atoms with E-state index in [-0.39, 0.29) is 11.3 Å². The molecular weight excluding hydrogens is 232 g/mol. The van der Waals surface area contributed by atoms with Gasteiger partial charge in [-0.15, -0.1) is 0 Å². The Kier molecular flexibility index (Phi) is 5.81. The molecule has 0 atom stereocenters. The lowest BCUT2D eigenvalue weighted by molar-refractivity contribution is 0.168. The van der Waals surface area contributed by atoms with Crippen LogP contribution >= 0.6 is 11.6 Å². The third-order valence-electron chi connectivity index (χ3n) is 1.65. The summed E-state index contributed by atoms with van der Waals surface area (Å²) < 4.78 is 10.2. The molecule has 0 fully saturated rings. The van der Waals surface area contributed by atoms with Crippen LogP contribution in [0.15, 0.2) is 0 Å². The fraction of sp³-hybridized carbons (Fsp3) is 0.667. The fourth-order valence-corrected chi connectivity index (χ4v) is 1.15. The van der Waals surface area contributed by atoms with Crippen molar-refractivity contribution in [3.05, 3.63) is 5.28 Å². The molecule has 0 aliphatic heterocycles. The average molecular weight is 247 g/mol. The monoisotopic (exact) mass is 246 g/mol. The molecule has 16 heavy (non-hydrogen) atoms. The van der Waals surface area contributed by atoms with E-state index in [0.29, 0.717) is 25.7 Å². The zero-order valence-corrected chi connectivity index (χ0v) is 10.1. The van der Waals surface area contributed by atoms with Crippen LogP contribution in [-0.4, -0.2) is 41.8 Å². The Bertz CT molecular complexity index is 324. The summed E-state index contributed by atoms with van der Waals surface area (Å²) in [5, 5.41) is 3.06. The van der Waals surface area contributed by atoms with Crippen molar-refractivity contribution in [1.29, 1.82) is 0 Å². The lowest BCUT2D eigenvalue weighted by atomic mass is 10.5. The third-order valence-corrected chi connectivity index (χ3v) is 1.82. The van der Waals surface area contributed by atoms with Crippen LogP contribution in [0.4, 0.5) is 5.95 Å². The number of nitrogens with zero attached hydrogens (tertiary/aromatic N) is 3. The van der Waals surface area contributed by atoms with Crippen LogP contribution in [0.2, 0.25) is 5.28 Å². The topological polar surface area (TPSA) is 69.2 Å². The Balaban J connectivity index is 2.51. The maximum atomic E-state index is 5.72. The van der Waals surface area contributed by atoms with Crippen molar-refractivity contribution in [2.45, 2.75) is 13.3 Å². The van der Waals surface area contributed by atoms with Crippen LogP contribution in [0.1, 0.15) is 13.3 Å². The van der Waals surface area contributed by atoms with Crippen LogP contribution in [0.3, 0.4) is 0 Å². The number of methoxy groups -OCH3 is 1. The SMILES string of the molecule is CCNc1nc(Cl)nc(OCCCOC)n1. The van der Waals surface area contributed by atoms with Crippen LogP contribution in [0.5, 0.6) is 6.01 Å². The fourth-order valence-electron chi connectivity index (χ4n) is 1.00. The summed E-state index contributed by atoms with van der Waals surface area (Å²) in [5.41, 5.74) is 0. The zero-order valence-electron chi connectivity index (χ0n) is 9.36. The second-order valence-electron chi connectivity index (χ2n) is 2.94. The molecule has 0 aromatic carbocycles. The van der Waals surface area contributed by atoms with E-state index in [9.17, 15) is 0 Å². The highest BCUT2D eigenvalue weighted by Gasteiger charge is 2.04. The molecule has 0 amide bonds. The highest BCUT2D eigenvalue weighted by atomic mass is 35.5. The van der Waals surface area contributed by atoms with Gasteiger partial charge >= 0.3 is 6.01 Å². The molecule has 1 aromatic heterocycles. The van der Waals surface area contributed by atoms with Crippen molar-refractivity contribution in [2.75, 3.05) is 32.2 Å². The molecule has 1 rings (SSSR count). The number of ether oxygens (including phenoxy) is 2. The highest BCUT2D eigenvalue weighted by molar-refractivity contribution is 6.28. The molecule has 1 aromatic rings. The zero-order chi connectivity index (χ0) is 11.8. The molecule has 0 spiro atoms. The molecule has 0 aliphatic rings. The van der Waals surface area contributed by atoms with Crippen LogP contribution in [0, 0.1) is 0 Å². The molecule has 0 radical (unpaired) electrons. The van der Waals surface area contributed by atoms with Crippen molar-refractivity contribution in [3.63, 3.8) is 0 Å². The number of anilines is 1. The minimum atomic E-state index is 0.118. The summed E-state index contributed by atoms with van der Waals surface area (Å²) in [5.74, 6) is 0.421. The first-order valence-electron chi connectivity index (χ1n) is 5.03. The predicted molar refractivity (Wildman–Crippen MR) is 61.0 cm³/mol. The smallest absolute Gasteiger partial charge is 0.322 e. The highest BCUT2D eigenvalue weighted by Crippen LogP contribution is 2.11. The summed E-state index contributed by atoms with van der Waals surface area (Å²) in [7, 11) is 1.64. The maximum absolute atomic E-state index is 5.72. The van der Waals surface area contributed by atoms with Gasteiger partial charge in [-0.2, -0.15) is 15.0 Å². The van der Waals surface area contributed by atoms with E-state index in [1.165, 1.54) is 0 Å². The number of hydrogen-bond donors (Lipinski definition) is 1. The van der Waals surface area contributed by atoms with Gasteiger partial charge in [0.15, 0.2) is 0 Å². The molecule has 0 saturated heterocycles. The van der Waals surface area contributed by atoms with Gasteiger partial charge in [0.25, 0.3) is 0 Å². The molecule has 0 saturated carbocycles. The Morgan fingerprint density at radius 2 is 2.06 bits per heavy atom. The summed E-state index contributed by atoms with van der Waals surface area (Å²) in [6.07, 6.45) is 0.774. The molecule has 7 heteroatoms. The summed E-state index contributed by atoms with van der Waals surface area (Å²) in [4.78, 5) is 11.8. The summed E-state index contributed by atoms with van der Waals surface area (Å²) in [6.45, 7) is 3.78. The van der Waals surface area contributed by atoms with E-state index in [1.807, 2.05) is 6.92 Å². The van der Waals surface area contributed by atoms with Gasteiger partial charge < -0.3 is 14.8 Å². The normalized spacial score (nSPS) is 10.2. The minimum Gasteiger partial charge on any atom is -0.463 e. The van der Waals surface area contributed by atoms with Crippen molar-refractivity contribution < 1.29 is 9.47 Å². The van der Waals surface area contributed by atoms with Gasteiger partial charge in [-0.3, -0.25) is 0 Å². The molecule has 0 bridgehead atoms. The van der Waals surface area contributed by atoms with Crippen LogP contribution in [-0.2, 0) is 4.74 Å². The van der Waals surface area contributed by atoms with E-state index < -0.39 is 0 Å². The Hall–Kier alpha value is -1.14. The lowest BCUT2D eigenvalue weighted by Crippen LogP contribution is -2.08. The van der Waals surface area contributed by atoms with Gasteiger partial charge in [-0.1, -0.05) is 0 Å². The Morgan fingerprint density at radius 3 is 2.75 bits per heavy atom. The number of halogens is 1. The number of aromatic nitrogens is 3. The van der Waals surface area contributed by atoms with E-state index in [2.05, 4.69) is 20.3 Å². The third kappa shape index (κ3) is 4.59. The van der Waals surface area contributed by atoms with E-state index in [0.717, 1.165) is 6.42 Å². The van der Waals surface area contributed by atoms with Gasteiger partial charge in [0.05, 0.1) is 6.61 Å². The number of nitrogens with one attached hydrogen (secondary N) is 1. The minimum absolute atomic E-state index is 0.118. The maximum Gasteiger partial charge on any atom is 0.322 e. The average Bonchev–Trinajstić information content (AvgIpc) is 2.24. The first kappa shape index (κ1) is 12.9. The van der Waals surface area contributed by atoms with E-state index in [4.69, 9.17) is 21.1 Å². The second-order valence-corrected chi connectivity index (χ2v) is 3.27. The Labute approximate surface area is 99.4 Å². The van der Waals surface area contributed by atoms with Crippen molar-refractivity contribution in [2.24, 2.45) is 0 Å². The number of rotatable bonds is 7. The van der Waals surface area contributed by atoms with Gasteiger partial charge in [0, 0.05) is 26.7 Å². The Morgan fingerprint density at radius 1 is 1.25 bits per heavy atom. The van der Waals surface area contributed by atoms with Crippen LogP contribution < -0.4 is 10.1 Å². The largest absolute Gasteiger partial charge is 0.463 e. The predicted octanol–water partition coefficient (Wildman–Crippen LogP) is 1.37. The molecule has 6 nitrogen and oxygen atoms in total. The van der Waals surface area contributed by atoms with Crippen molar-refractivity contribution in [1.82, 2.24) is 15.0 Å². The standard InChI is InChI=1S/C9H15ClN4O2/c1-3-11-8-12-7(10)13-9(14-8)16-6-4-5-15-2/h3-6H2,1-2H3,(H,11,12,13,14). The first-order valence-corrected chi connectivity index (χ1v) is 5.41. The van der Waals surface area contributed by atoms with Crippen molar-refractivity contribution >= 4 is 17.5 Å². The second kappa shape index (κ2) is 7.19. The molecule has 0 aliphatic carbocycles. The van der Waals surface area contributed by atoms with Crippen molar-refractivity contribution in [3.8, 4) is 6.01 Å². The summed E-state index contributed by atoms with van der Waals surface area (Å²) in [6, 6.07) is 0.229. The van der Waals surface area contributed by atoms with E-state index in [1.54, 1.807) is 7.11 Å². The molecular formula is C9H15ClN4O2. The molecule has 90 valence electrons. The first-order chi connectivity index (χ1) is 7.76. The van der Waals surface area contributed by atoms with Gasteiger partial charge in [-0.05, 0) is 18.5 Å².